The first kappa shape index (κ1) is 19.3. The summed E-state index contributed by atoms with van der Waals surface area (Å²) >= 11 is 0. The van der Waals surface area contributed by atoms with Crippen LogP contribution in [0.2, 0.25) is 0 Å². The predicted octanol–water partition coefficient (Wildman–Crippen LogP) is 5.09. The van der Waals surface area contributed by atoms with Gasteiger partial charge in [-0.05, 0) is 41.4 Å². The van der Waals surface area contributed by atoms with Crippen LogP contribution in [0.4, 0.5) is 0 Å². The number of ketones is 2. The molecule has 1 unspecified atom stereocenters. The number of hydrogen-bond donors (Lipinski definition) is 0. The van der Waals surface area contributed by atoms with Crippen molar-refractivity contribution in [1.29, 1.82) is 0 Å². The van der Waals surface area contributed by atoms with E-state index in [2.05, 4.69) is 43.8 Å². The van der Waals surface area contributed by atoms with Crippen LogP contribution in [-0.2, 0) is 26.3 Å². The molecule has 28 heavy (non-hydrogen) atoms. The number of Topliss-reactive ketones (excluding diaryl/α,β-unsaturated/α-hetero) is 2. The third-order valence-electron chi connectivity index (χ3n) is 6.95. The first-order chi connectivity index (χ1) is 13.2. The summed E-state index contributed by atoms with van der Waals surface area (Å²) in [7, 11) is 0. The monoisotopic (exact) mass is 378 g/mol. The summed E-state index contributed by atoms with van der Waals surface area (Å²) < 4.78 is 5.86. The topological polar surface area (TPSA) is 43.4 Å². The molecule has 0 amide bonds. The van der Waals surface area contributed by atoms with E-state index in [1.54, 1.807) is 0 Å². The Morgan fingerprint density at radius 3 is 2.43 bits per heavy atom. The molecule has 3 nitrogen and oxygen atoms in total. The fraction of sp³-hybridized carbons (Fsp3) is 0.520. The molecule has 0 bridgehead atoms. The Bertz CT molecular complexity index is 869. The van der Waals surface area contributed by atoms with Gasteiger partial charge in [0.1, 0.15) is 11.6 Å². The lowest BCUT2D eigenvalue weighted by Gasteiger charge is -2.38. The lowest BCUT2D eigenvalue weighted by molar-refractivity contribution is -0.147. The van der Waals surface area contributed by atoms with Crippen LogP contribution in [0.25, 0.3) is 0 Å². The minimum Gasteiger partial charge on any atom is -0.376 e. The molecule has 1 atom stereocenters. The summed E-state index contributed by atoms with van der Waals surface area (Å²) in [5.41, 5.74) is 3.46. The molecular formula is C25H30O3. The van der Waals surface area contributed by atoms with Crippen molar-refractivity contribution in [2.75, 3.05) is 6.61 Å². The van der Waals surface area contributed by atoms with Crippen LogP contribution < -0.4 is 0 Å². The molecule has 2 saturated carbocycles. The highest BCUT2D eigenvalue weighted by Crippen LogP contribution is 2.53. The number of benzene rings is 1. The van der Waals surface area contributed by atoms with E-state index < -0.39 is 5.41 Å². The number of hydrogen-bond acceptors (Lipinski definition) is 3. The fourth-order valence-electron chi connectivity index (χ4n) is 5.24. The van der Waals surface area contributed by atoms with Gasteiger partial charge in [0.15, 0.2) is 0 Å². The second-order valence-electron chi connectivity index (χ2n) is 10.0. The minimum atomic E-state index is -0.847. The van der Waals surface area contributed by atoms with Gasteiger partial charge in [0.25, 0.3) is 0 Å². The largest absolute Gasteiger partial charge is 0.376 e. The highest BCUT2D eigenvalue weighted by molar-refractivity contribution is 6.11. The molecule has 0 aromatic heterocycles. The lowest BCUT2D eigenvalue weighted by atomic mass is 9.62. The van der Waals surface area contributed by atoms with Gasteiger partial charge in [-0.1, -0.05) is 63.3 Å². The Hall–Kier alpha value is -2.00. The lowest BCUT2D eigenvalue weighted by Crippen LogP contribution is -2.46. The Kier molecular flexibility index (Phi) is 4.50. The van der Waals surface area contributed by atoms with Gasteiger partial charge in [-0.15, -0.1) is 0 Å². The summed E-state index contributed by atoms with van der Waals surface area (Å²) in [5.74, 6) is 0.215. The van der Waals surface area contributed by atoms with Crippen molar-refractivity contribution in [3.05, 3.63) is 59.2 Å². The number of fused-ring (bicyclic) bond motifs is 1. The van der Waals surface area contributed by atoms with Gasteiger partial charge in [-0.2, -0.15) is 0 Å². The van der Waals surface area contributed by atoms with Crippen LogP contribution in [-0.4, -0.2) is 18.2 Å². The molecule has 0 saturated heterocycles. The number of allylic oxidation sites excluding steroid dienone is 3. The summed E-state index contributed by atoms with van der Waals surface area (Å²) in [6, 6.07) is 8.46. The van der Waals surface area contributed by atoms with Gasteiger partial charge < -0.3 is 4.74 Å². The predicted molar refractivity (Wildman–Crippen MR) is 110 cm³/mol. The van der Waals surface area contributed by atoms with E-state index in [9.17, 15) is 9.59 Å². The first-order valence-corrected chi connectivity index (χ1v) is 10.3. The van der Waals surface area contributed by atoms with Gasteiger partial charge in [0, 0.05) is 18.3 Å². The average molecular weight is 379 g/mol. The minimum absolute atomic E-state index is 0.0968. The van der Waals surface area contributed by atoms with Gasteiger partial charge in [0.05, 0.1) is 18.6 Å². The second kappa shape index (κ2) is 6.52. The number of ether oxygens (including phenoxy) is 1. The highest BCUT2D eigenvalue weighted by atomic mass is 16.5. The zero-order valence-corrected chi connectivity index (χ0v) is 17.3. The molecule has 3 aliphatic rings. The van der Waals surface area contributed by atoms with Crippen LogP contribution in [0.3, 0.4) is 0 Å². The Labute approximate surface area is 167 Å². The van der Waals surface area contributed by atoms with Crippen LogP contribution in [0.5, 0.6) is 0 Å². The molecule has 1 spiro atoms. The van der Waals surface area contributed by atoms with Crippen LogP contribution in [0.15, 0.2) is 48.1 Å². The van der Waals surface area contributed by atoms with E-state index in [1.807, 2.05) is 13.8 Å². The Morgan fingerprint density at radius 2 is 1.71 bits per heavy atom. The molecule has 0 N–H and O–H groups in total. The van der Waals surface area contributed by atoms with Gasteiger partial charge in [0.2, 0.25) is 0 Å². The van der Waals surface area contributed by atoms with E-state index in [-0.39, 0.29) is 22.4 Å². The molecular weight excluding hydrogens is 348 g/mol. The van der Waals surface area contributed by atoms with Gasteiger partial charge >= 0.3 is 0 Å². The molecule has 2 aliphatic carbocycles. The van der Waals surface area contributed by atoms with Crippen LogP contribution in [0.1, 0.15) is 64.0 Å². The van der Waals surface area contributed by atoms with E-state index >= 15 is 0 Å². The van der Waals surface area contributed by atoms with E-state index in [4.69, 9.17) is 4.74 Å². The molecule has 1 aliphatic heterocycles. The number of carbonyl (C=O) groups excluding carboxylic acids is 2. The third-order valence-corrected chi connectivity index (χ3v) is 6.95. The van der Waals surface area contributed by atoms with Crippen molar-refractivity contribution in [3.8, 4) is 0 Å². The fourth-order valence-corrected chi connectivity index (χ4v) is 5.24. The van der Waals surface area contributed by atoms with E-state index in [0.717, 1.165) is 17.6 Å². The maximum atomic E-state index is 13.0. The summed E-state index contributed by atoms with van der Waals surface area (Å²) in [5, 5.41) is 0. The Morgan fingerprint density at radius 1 is 1.04 bits per heavy atom. The summed E-state index contributed by atoms with van der Waals surface area (Å²) in [6.45, 7) is 11.8. The quantitative estimate of drug-likeness (QED) is 0.674. The zero-order valence-electron chi connectivity index (χ0n) is 17.3. The van der Waals surface area contributed by atoms with Gasteiger partial charge in [-0.25, -0.2) is 0 Å². The molecule has 1 aromatic carbocycles. The maximum Gasteiger partial charge on any atom is 0.147 e. The third kappa shape index (κ3) is 3.10. The highest BCUT2D eigenvalue weighted by Gasteiger charge is 2.55. The summed E-state index contributed by atoms with van der Waals surface area (Å²) in [6.07, 6.45) is 5.02. The molecule has 4 rings (SSSR count). The Balaban J connectivity index is 1.58. The summed E-state index contributed by atoms with van der Waals surface area (Å²) in [4.78, 5) is 25.9. The van der Waals surface area contributed by atoms with Crippen LogP contribution >= 0.6 is 0 Å². The van der Waals surface area contributed by atoms with Crippen molar-refractivity contribution in [2.45, 2.75) is 64.9 Å². The number of carbonyl (C=O) groups is 2. The average Bonchev–Trinajstić information content (AvgIpc) is 2.97. The van der Waals surface area contributed by atoms with E-state index in [0.29, 0.717) is 38.9 Å². The smallest absolute Gasteiger partial charge is 0.147 e. The van der Waals surface area contributed by atoms with Crippen molar-refractivity contribution < 1.29 is 14.3 Å². The van der Waals surface area contributed by atoms with Crippen molar-refractivity contribution >= 4 is 11.6 Å². The molecule has 0 radical (unpaired) electrons. The van der Waals surface area contributed by atoms with Crippen molar-refractivity contribution in [2.24, 2.45) is 10.8 Å². The standard InChI is InChI=1S/C25H30O3/c1-17-11-25(21(26)13-23(2,3)14-22(25)27)12-18(17)9-10-24(4)16-28-15-19-7-5-6-8-20(19)24/h5-9H,1,10-16H2,2-4H3/b18-9-. The maximum absolute atomic E-state index is 13.0. The molecule has 3 heteroatoms. The SMILES string of the molecule is C=C1CC2(C/C1=C/CC1(C)COCc3ccccc31)C(=O)CC(C)(C)CC2=O. The molecule has 1 heterocycles. The van der Waals surface area contributed by atoms with Crippen molar-refractivity contribution in [1.82, 2.24) is 0 Å². The van der Waals surface area contributed by atoms with Crippen LogP contribution in [0, 0.1) is 10.8 Å². The number of rotatable bonds is 2. The first-order valence-electron chi connectivity index (χ1n) is 10.3. The zero-order chi connectivity index (χ0) is 20.2. The van der Waals surface area contributed by atoms with E-state index in [1.165, 1.54) is 11.1 Å². The molecule has 148 valence electrons. The van der Waals surface area contributed by atoms with Crippen molar-refractivity contribution in [3.63, 3.8) is 0 Å². The normalized spacial score (nSPS) is 30.1. The molecule has 1 aromatic rings. The van der Waals surface area contributed by atoms with Gasteiger partial charge in [-0.3, -0.25) is 9.59 Å². The second-order valence-corrected chi connectivity index (χ2v) is 10.0. The molecule has 2 fully saturated rings.